The molecule has 0 aliphatic heterocycles. The smallest absolute Gasteiger partial charge is 0.251 e. The number of thiazole rings is 1. The number of amides is 1. The lowest BCUT2D eigenvalue weighted by atomic mass is 10.1. The fraction of sp³-hybridized carbons (Fsp3) is 0.0870. The zero-order chi connectivity index (χ0) is 19.2. The summed E-state index contributed by atoms with van der Waals surface area (Å²) in [6.07, 6.45) is 4.31. The topological polar surface area (TPSA) is 54.9 Å². The number of nitrogens with one attached hydrogen (secondary N) is 1. The lowest BCUT2D eigenvalue weighted by Gasteiger charge is -2.09. The van der Waals surface area contributed by atoms with E-state index in [1.165, 1.54) is 0 Å². The van der Waals surface area contributed by atoms with Crippen molar-refractivity contribution in [1.29, 1.82) is 0 Å². The predicted octanol–water partition coefficient (Wildman–Crippen LogP) is 4.84. The van der Waals surface area contributed by atoms with E-state index >= 15 is 0 Å². The van der Waals surface area contributed by atoms with Crippen LogP contribution in [0.3, 0.4) is 0 Å². The molecular weight excluding hydrogens is 366 g/mol. The first-order valence-corrected chi connectivity index (χ1v) is 9.91. The average molecular weight is 385 g/mol. The van der Waals surface area contributed by atoms with Crippen LogP contribution in [-0.2, 0) is 6.42 Å². The highest BCUT2D eigenvalue weighted by atomic mass is 32.1. The van der Waals surface area contributed by atoms with Crippen molar-refractivity contribution in [2.45, 2.75) is 6.42 Å². The Hall–Kier alpha value is -3.31. The Labute approximate surface area is 167 Å². The van der Waals surface area contributed by atoms with Crippen molar-refractivity contribution < 1.29 is 4.79 Å². The van der Waals surface area contributed by atoms with Gasteiger partial charge in [0.1, 0.15) is 5.01 Å². The predicted molar refractivity (Wildman–Crippen MR) is 113 cm³/mol. The molecule has 4 aromatic rings. The molecule has 5 heteroatoms. The monoisotopic (exact) mass is 385 g/mol. The molecule has 0 radical (unpaired) electrons. The number of rotatable bonds is 6. The highest BCUT2D eigenvalue weighted by Crippen LogP contribution is 2.33. The van der Waals surface area contributed by atoms with Gasteiger partial charge in [-0.3, -0.25) is 9.78 Å². The fourth-order valence-corrected chi connectivity index (χ4v) is 3.92. The summed E-state index contributed by atoms with van der Waals surface area (Å²) in [7, 11) is 0. The van der Waals surface area contributed by atoms with Crippen LogP contribution in [0.1, 0.15) is 16.1 Å². The summed E-state index contributed by atoms with van der Waals surface area (Å²) < 4.78 is 0. The standard InChI is InChI=1S/C23H19N3OS/c27-22(25-15-13-18-10-6-7-14-24-18)20-12-5-4-11-19(20)21-16-26-23(28-21)17-8-2-1-3-9-17/h1-12,14,16H,13,15H2,(H,25,27). The van der Waals surface area contributed by atoms with Crippen LogP contribution in [-0.4, -0.2) is 22.4 Å². The number of aromatic nitrogens is 2. The molecule has 138 valence electrons. The number of hydrogen-bond acceptors (Lipinski definition) is 4. The molecule has 0 saturated heterocycles. The van der Waals surface area contributed by atoms with Gasteiger partial charge in [0.2, 0.25) is 0 Å². The molecule has 0 fully saturated rings. The molecule has 4 rings (SSSR count). The first-order chi connectivity index (χ1) is 13.8. The summed E-state index contributed by atoms with van der Waals surface area (Å²) in [5.74, 6) is -0.0822. The summed E-state index contributed by atoms with van der Waals surface area (Å²) in [5.41, 5.74) is 3.60. The van der Waals surface area contributed by atoms with E-state index in [2.05, 4.69) is 15.3 Å². The van der Waals surface area contributed by atoms with E-state index in [-0.39, 0.29) is 5.91 Å². The highest BCUT2D eigenvalue weighted by molar-refractivity contribution is 7.18. The number of hydrogen-bond donors (Lipinski definition) is 1. The number of carbonyl (C=O) groups is 1. The van der Waals surface area contributed by atoms with Gasteiger partial charge in [0.05, 0.1) is 4.88 Å². The van der Waals surface area contributed by atoms with Crippen LogP contribution in [0.5, 0.6) is 0 Å². The van der Waals surface area contributed by atoms with Crippen LogP contribution < -0.4 is 5.32 Å². The van der Waals surface area contributed by atoms with Crippen LogP contribution in [0.4, 0.5) is 0 Å². The van der Waals surface area contributed by atoms with Crippen molar-refractivity contribution in [3.63, 3.8) is 0 Å². The molecule has 2 aromatic carbocycles. The van der Waals surface area contributed by atoms with Gasteiger partial charge < -0.3 is 5.32 Å². The van der Waals surface area contributed by atoms with Crippen molar-refractivity contribution in [3.05, 3.63) is 96.4 Å². The fourth-order valence-electron chi connectivity index (χ4n) is 2.95. The second kappa shape index (κ2) is 8.59. The van der Waals surface area contributed by atoms with E-state index < -0.39 is 0 Å². The maximum absolute atomic E-state index is 12.8. The third-order valence-electron chi connectivity index (χ3n) is 4.36. The van der Waals surface area contributed by atoms with Crippen LogP contribution in [0.2, 0.25) is 0 Å². The van der Waals surface area contributed by atoms with Crippen LogP contribution in [0, 0.1) is 0 Å². The van der Waals surface area contributed by atoms with Gasteiger partial charge in [0.15, 0.2) is 0 Å². The van der Waals surface area contributed by atoms with E-state index in [0.717, 1.165) is 26.7 Å². The third kappa shape index (κ3) is 4.15. The molecule has 4 nitrogen and oxygen atoms in total. The summed E-state index contributed by atoms with van der Waals surface area (Å²) >= 11 is 1.59. The average Bonchev–Trinajstić information content (AvgIpc) is 3.25. The maximum atomic E-state index is 12.8. The van der Waals surface area contributed by atoms with Crippen LogP contribution in [0.15, 0.2) is 85.2 Å². The maximum Gasteiger partial charge on any atom is 0.251 e. The van der Waals surface area contributed by atoms with E-state index in [4.69, 9.17) is 0 Å². The van der Waals surface area contributed by atoms with Gasteiger partial charge in [-0.2, -0.15) is 0 Å². The second-order valence-electron chi connectivity index (χ2n) is 6.27. The van der Waals surface area contributed by atoms with Crippen LogP contribution in [0.25, 0.3) is 21.0 Å². The van der Waals surface area contributed by atoms with Gasteiger partial charge in [-0.1, -0.05) is 54.6 Å². The van der Waals surface area contributed by atoms with Crippen LogP contribution >= 0.6 is 11.3 Å². The number of pyridine rings is 1. The molecule has 1 amide bonds. The molecule has 2 heterocycles. The number of carbonyl (C=O) groups excluding carboxylic acids is 1. The summed E-state index contributed by atoms with van der Waals surface area (Å²) in [6.45, 7) is 0.544. The van der Waals surface area contributed by atoms with Crippen molar-refractivity contribution in [2.24, 2.45) is 0 Å². The molecule has 0 bridgehead atoms. The Kier molecular flexibility index (Phi) is 5.54. The Balaban J connectivity index is 1.51. The second-order valence-corrected chi connectivity index (χ2v) is 7.30. The molecular formula is C23H19N3OS. The Bertz CT molecular complexity index is 1060. The van der Waals surface area contributed by atoms with E-state index in [1.807, 2.05) is 79.0 Å². The molecule has 0 unspecified atom stereocenters. The third-order valence-corrected chi connectivity index (χ3v) is 5.44. The minimum absolute atomic E-state index is 0.0822. The Morgan fingerprint density at radius 2 is 1.68 bits per heavy atom. The molecule has 1 N–H and O–H groups in total. The summed E-state index contributed by atoms with van der Waals surface area (Å²) in [5, 5.41) is 3.95. The van der Waals surface area contributed by atoms with E-state index in [9.17, 15) is 4.79 Å². The zero-order valence-corrected chi connectivity index (χ0v) is 16.0. The largest absolute Gasteiger partial charge is 0.352 e. The van der Waals surface area contributed by atoms with Gasteiger partial charge in [-0.05, 0) is 18.2 Å². The normalized spacial score (nSPS) is 10.6. The molecule has 0 aliphatic rings. The molecule has 0 spiro atoms. The molecule has 0 saturated carbocycles. The first kappa shape index (κ1) is 18.1. The van der Waals surface area contributed by atoms with Crippen molar-refractivity contribution in [1.82, 2.24) is 15.3 Å². The van der Waals surface area contributed by atoms with Gasteiger partial charge in [-0.15, -0.1) is 11.3 Å². The van der Waals surface area contributed by atoms with E-state index in [0.29, 0.717) is 18.5 Å². The first-order valence-electron chi connectivity index (χ1n) is 9.10. The van der Waals surface area contributed by atoms with Gasteiger partial charge in [0, 0.05) is 47.7 Å². The highest BCUT2D eigenvalue weighted by Gasteiger charge is 2.15. The minimum atomic E-state index is -0.0822. The Morgan fingerprint density at radius 1 is 0.893 bits per heavy atom. The summed E-state index contributed by atoms with van der Waals surface area (Å²) in [4.78, 5) is 22.6. The quantitative estimate of drug-likeness (QED) is 0.516. The van der Waals surface area contributed by atoms with Gasteiger partial charge >= 0.3 is 0 Å². The van der Waals surface area contributed by atoms with E-state index in [1.54, 1.807) is 17.5 Å². The van der Waals surface area contributed by atoms with Crippen molar-refractivity contribution >= 4 is 17.2 Å². The molecule has 0 atom stereocenters. The minimum Gasteiger partial charge on any atom is -0.352 e. The van der Waals surface area contributed by atoms with Gasteiger partial charge in [-0.25, -0.2) is 4.98 Å². The number of benzene rings is 2. The summed E-state index contributed by atoms with van der Waals surface area (Å²) in [6, 6.07) is 23.5. The SMILES string of the molecule is O=C(NCCc1ccccn1)c1ccccc1-c1cnc(-c2ccccc2)s1. The zero-order valence-electron chi connectivity index (χ0n) is 15.2. The molecule has 2 aromatic heterocycles. The molecule has 0 aliphatic carbocycles. The number of nitrogens with zero attached hydrogens (tertiary/aromatic N) is 2. The Morgan fingerprint density at radius 3 is 2.50 bits per heavy atom. The molecule has 28 heavy (non-hydrogen) atoms. The van der Waals surface area contributed by atoms with Gasteiger partial charge in [0.25, 0.3) is 5.91 Å². The van der Waals surface area contributed by atoms with Crippen molar-refractivity contribution in [2.75, 3.05) is 6.54 Å². The lowest BCUT2D eigenvalue weighted by molar-refractivity contribution is 0.0954. The lowest BCUT2D eigenvalue weighted by Crippen LogP contribution is -2.26. The van der Waals surface area contributed by atoms with Crippen molar-refractivity contribution in [3.8, 4) is 21.0 Å².